The molecule has 0 saturated carbocycles. The van der Waals surface area contributed by atoms with Crippen molar-refractivity contribution in [2.24, 2.45) is 0 Å². The molecule has 0 saturated heterocycles. The van der Waals surface area contributed by atoms with Crippen LogP contribution in [-0.4, -0.2) is 50.5 Å². The highest BCUT2D eigenvalue weighted by atomic mass is 35.5. The van der Waals surface area contributed by atoms with Gasteiger partial charge in [0.1, 0.15) is 12.6 Å². The first kappa shape index (κ1) is 32.2. The van der Waals surface area contributed by atoms with Crippen molar-refractivity contribution in [3.05, 3.63) is 101 Å². The normalized spacial score (nSPS) is 12.4. The lowest BCUT2D eigenvalue weighted by molar-refractivity contribution is -0.140. The maximum atomic E-state index is 14.1. The molecule has 0 bridgehead atoms. The van der Waals surface area contributed by atoms with E-state index < -0.39 is 28.5 Å². The van der Waals surface area contributed by atoms with Crippen LogP contribution >= 0.6 is 11.6 Å². The number of hydrogen-bond donors (Lipinski definition) is 1. The molecule has 1 atom stereocenters. The summed E-state index contributed by atoms with van der Waals surface area (Å²) in [6.07, 6.45) is 2.06. The number of rotatable bonds is 12. The number of hydrogen-bond acceptors (Lipinski definition) is 4. The van der Waals surface area contributed by atoms with E-state index in [1.54, 1.807) is 30.3 Å². The summed E-state index contributed by atoms with van der Waals surface area (Å²) in [6.45, 7) is 8.19. The Morgan fingerprint density at radius 1 is 0.927 bits per heavy atom. The number of nitrogens with zero attached hydrogens (tertiary/aromatic N) is 2. The van der Waals surface area contributed by atoms with Crippen LogP contribution in [0.1, 0.15) is 50.8 Å². The number of nitrogens with one attached hydrogen (secondary N) is 1. The van der Waals surface area contributed by atoms with Gasteiger partial charge in [-0.3, -0.25) is 13.9 Å². The van der Waals surface area contributed by atoms with Crippen molar-refractivity contribution in [3.63, 3.8) is 0 Å². The third-order valence-corrected chi connectivity index (χ3v) is 8.33. The Bertz CT molecular complexity index is 1420. The minimum atomic E-state index is -3.84. The number of halogens is 1. The van der Waals surface area contributed by atoms with E-state index in [0.717, 1.165) is 28.1 Å². The highest BCUT2D eigenvalue weighted by Crippen LogP contribution is 2.27. The monoisotopic (exact) mass is 597 g/mol. The van der Waals surface area contributed by atoms with Crippen molar-refractivity contribution in [1.29, 1.82) is 0 Å². The number of sulfonamides is 1. The molecular weight excluding hydrogens is 558 g/mol. The Morgan fingerprint density at radius 2 is 1.54 bits per heavy atom. The van der Waals surface area contributed by atoms with E-state index >= 15 is 0 Å². The van der Waals surface area contributed by atoms with Crippen LogP contribution in [-0.2, 0) is 38.0 Å². The summed E-state index contributed by atoms with van der Waals surface area (Å²) >= 11 is 6.48. The molecule has 0 spiro atoms. The molecule has 0 radical (unpaired) electrons. The summed E-state index contributed by atoms with van der Waals surface area (Å²) in [5.74, 6) is -0.820. The average Bonchev–Trinajstić information content (AvgIpc) is 2.92. The van der Waals surface area contributed by atoms with Crippen LogP contribution in [0.2, 0.25) is 5.02 Å². The molecule has 0 aliphatic heterocycles. The number of anilines is 1. The first-order valence-corrected chi connectivity index (χ1v) is 16.0. The van der Waals surface area contributed by atoms with Crippen molar-refractivity contribution in [2.75, 3.05) is 23.7 Å². The first-order valence-electron chi connectivity index (χ1n) is 13.7. The minimum absolute atomic E-state index is 0.0378. The van der Waals surface area contributed by atoms with Gasteiger partial charge in [0.25, 0.3) is 0 Å². The van der Waals surface area contributed by atoms with Crippen LogP contribution < -0.4 is 9.62 Å². The Morgan fingerprint density at radius 3 is 2.10 bits per heavy atom. The van der Waals surface area contributed by atoms with Gasteiger partial charge in [-0.25, -0.2) is 8.42 Å². The van der Waals surface area contributed by atoms with Gasteiger partial charge in [0.2, 0.25) is 21.8 Å². The van der Waals surface area contributed by atoms with Gasteiger partial charge in [-0.15, -0.1) is 0 Å². The molecule has 2 amide bonds. The molecule has 3 rings (SSSR count). The topological polar surface area (TPSA) is 86.8 Å². The fourth-order valence-corrected chi connectivity index (χ4v) is 5.52. The molecule has 0 heterocycles. The zero-order chi connectivity index (χ0) is 30.2. The zero-order valence-corrected chi connectivity index (χ0v) is 26.0. The van der Waals surface area contributed by atoms with Crippen molar-refractivity contribution in [2.45, 2.75) is 58.5 Å². The molecule has 0 aliphatic rings. The molecule has 220 valence electrons. The van der Waals surface area contributed by atoms with Gasteiger partial charge in [0.15, 0.2) is 0 Å². The van der Waals surface area contributed by atoms with E-state index in [1.165, 1.54) is 4.90 Å². The predicted molar refractivity (Wildman–Crippen MR) is 167 cm³/mol. The molecule has 0 fully saturated rings. The SMILES string of the molecule is CCCNC(=O)[C@H](Cc1ccccc1)N(Cc1ccccc1Cl)C(=O)CN(c1ccc(C(C)(C)C)cc1)S(C)(=O)=O. The van der Waals surface area contributed by atoms with Gasteiger partial charge in [-0.1, -0.05) is 100.0 Å². The van der Waals surface area contributed by atoms with Crippen molar-refractivity contribution < 1.29 is 18.0 Å². The van der Waals surface area contributed by atoms with E-state index in [9.17, 15) is 18.0 Å². The van der Waals surface area contributed by atoms with Crippen LogP contribution in [0.3, 0.4) is 0 Å². The maximum absolute atomic E-state index is 14.1. The molecule has 9 heteroatoms. The Balaban J connectivity index is 2.04. The van der Waals surface area contributed by atoms with E-state index in [4.69, 9.17) is 11.6 Å². The molecule has 7 nitrogen and oxygen atoms in total. The first-order chi connectivity index (χ1) is 19.3. The number of carbonyl (C=O) groups excluding carboxylic acids is 2. The zero-order valence-electron chi connectivity index (χ0n) is 24.4. The number of carbonyl (C=O) groups is 2. The third kappa shape index (κ3) is 9.07. The van der Waals surface area contributed by atoms with E-state index in [2.05, 4.69) is 26.1 Å². The summed E-state index contributed by atoms with van der Waals surface area (Å²) in [4.78, 5) is 29.1. The predicted octanol–water partition coefficient (Wildman–Crippen LogP) is 5.57. The second-order valence-corrected chi connectivity index (χ2v) is 13.5. The average molecular weight is 598 g/mol. The van der Waals surface area contributed by atoms with Crippen LogP contribution in [0, 0.1) is 0 Å². The molecular formula is C32H40ClN3O4S. The van der Waals surface area contributed by atoms with Gasteiger partial charge >= 0.3 is 0 Å². The van der Waals surface area contributed by atoms with Gasteiger partial charge < -0.3 is 10.2 Å². The van der Waals surface area contributed by atoms with Gasteiger partial charge in [0.05, 0.1) is 11.9 Å². The van der Waals surface area contributed by atoms with Crippen LogP contribution in [0.4, 0.5) is 5.69 Å². The Labute approximate surface area is 249 Å². The Hall–Kier alpha value is -3.36. The second kappa shape index (κ2) is 14.0. The lowest BCUT2D eigenvalue weighted by Gasteiger charge is -2.33. The molecule has 1 N–H and O–H groups in total. The van der Waals surface area contributed by atoms with Crippen LogP contribution in [0.25, 0.3) is 0 Å². The van der Waals surface area contributed by atoms with E-state index in [0.29, 0.717) is 22.8 Å². The summed E-state index contributed by atoms with van der Waals surface area (Å²) in [6, 6.07) is 22.8. The summed E-state index contributed by atoms with van der Waals surface area (Å²) < 4.78 is 27.0. The number of amides is 2. The maximum Gasteiger partial charge on any atom is 0.244 e. The van der Waals surface area contributed by atoms with Crippen molar-refractivity contribution in [3.8, 4) is 0 Å². The largest absolute Gasteiger partial charge is 0.354 e. The van der Waals surface area contributed by atoms with Gasteiger partial charge in [0, 0.05) is 24.5 Å². The second-order valence-electron chi connectivity index (χ2n) is 11.2. The third-order valence-electron chi connectivity index (χ3n) is 6.82. The molecule has 41 heavy (non-hydrogen) atoms. The smallest absolute Gasteiger partial charge is 0.244 e. The van der Waals surface area contributed by atoms with Crippen LogP contribution in [0.5, 0.6) is 0 Å². The standard InChI is InChI=1S/C32H40ClN3O4S/c1-6-20-34-31(38)29(21-24-12-8-7-9-13-24)35(22-25-14-10-11-15-28(25)33)30(37)23-36(41(5,39)40)27-18-16-26(17-19-27)32(2,3)4/h7-19,29H,6,20-23H2,1-5H3,(H,34,38)/t29-/m0/s1. The van der Waals surface area contributed by atoms with E-state index in [1.807, 2.05) is 55.5 Å². The fraction of sp³-hybridized carbons (Fsp3) is 0.375. The quantitative estimate of drug-likeness (QED) is 0.296. The minimum Gasteiger partial charge on any atom is -0.354 e. The fourth-order valence-electron chi connectivity index (χ4n) is 4.47. The van der Waals surface area contributed by atoms with Crippen molar-refractivity contribution in [1.82, 2.24) is 10.2 Å². The lowest BCUT2D eigenvalue weighted by atomic mass is 9.87. The molecule has 3 aromatic rings. The van der Waals surface area contributed by atoms with Gasteiger partial charge in [-0.05, 0) is 46.7 Å². The summed E-state index contributed by atoms with van der Waals surface area (Å²) in [5.41, 5.74) is 2.83. The van der Waals surface area contributed by atoms with Crippen LogP contribution in [0.15, 0.2) is 78.9 Å². The van der Waals surface area contributed by atoms with E-state index in [-0.39, 0.29) is 24.3 Å². The molecule has 3 aromatic carbocycles. The summed E-state index contributed by atoms with van der Waals surface area (Å²) in [5, 5.41) is 3.38. The van der Waals surface area contributed by atoms with Gasteiger partial charge in [-0.2, -0.15) is 0 Å². The number of benzene rings is 3. The van der Waals surface area contributed by atoms with Crippen molar-refractivity contribution >= 4 is 39.1 Å². The molecule has 0 unspecified atom stereocenters. The molecule has 0 aliphatic carbocycles. The highest BCUT2D eigenvalue weighted by Gasteiger charge is 2.33. The lowest BCUT2D eigenvalue weighted by Crippen LogP contribution is -2.53. The highest BCUT2D eigenvalue weighted by molar-refractivity contribution is 7.92. The summed E-state index contributed by atoms with van der Waals surface area (Å²) in [7, 11) is -3.84. The molecule has 0 aromatic heterocycles. The Kier molecular flexibility index (Phi) is 11.0.